The minimum atomic E-state index is -0.331. The largest absolute Gasteiger partial charge is 0.316 e. The van der Waals surface area contributed by atoms with Crippen LogP contribution in [0.2, 0.25) is 0 Å². The van der Waals surface area contributed by atoms with Crippen LogP contribution in [-0.2, 0) is 6.42 Å². The fourth-order valence-corrected chi connectivity index (χ4v) is 5.37. The van der Waals surface area contributed by atoms with Crippen LogP contribution in [-0.4, -0.2) is 18.0 Å². The monoisotopic (exact) mass is 286 g/mol. The van der Waals surface area contributed by atoms with Crippen LogP contribution in [0.15, 0.2) is 24.3 Å². The summed E-state index contributed by atoms with van der Waals surface area (Å²) in [5.74, 6) is 4.78. The van der Waals surface area contributed by atoms with Crippen LogP contribution in [0.25, 0.3) is 0 Å². The third-order valence-electron chi connectivity index (χ3n) is 6.23. The van der Waals surface area contributed by atoms with Crippen molar-refractivity contribution in [3.8, 4) is 0 Å². The molecule has 4 rings (SSSR count). The SMILES string of the molecule is CNC(Cc1ccc([N+](=O)[O-])cc1)C1C2C3CCC(C3)C21. The van der Waals surface area contributed by atoms with Gasteiger partial charge in [-0.1, -0.05) is 12.1 Å². The number of non-ortho nitro benzene ring substituents is 1. The zero-order valence-electron chi connectivity index (χ0n) is 12.4. The predicted molar refractivity (Wildman–Crippen MR) is 80.9 cm³/mol. The molecule has 21 heavy (non-hydrogen) atoms. The van der Waals surface area contributed by atoms with E-state index in [2.05, 4.69) is 12.4 Å². The highest BCUT2D eigenvalue weighted by molar-refractivity contribution is 5.33. The number of hydrogen-bond acceptors (Lipinski definition) is 3. The van der Waals surface area contributed by atoms with Crippen molar-refractivity contribution in [2.75, 3.05) is 7.05 Å². The van der Waals surface area contributed by atoms with Crippen LogP contribution in [0.1, 0.15) is 24.8 Å². The van der Waals surface area contributed by atoms with Crippen LogP contribution >= 0.6 is 0 Å². The second-order valence-electron chi connectivity index (χ2n) is 7.09. The Hall–Kier alpha value is -1.42. The number of benzene rings is 1. The number of nitro groups is 1. The van der Waals surface area contributed by atoms with Crippen molar-refractivity contribution in [2.24, 2.45) is 29.6 Å². The number of nitro benzene ring substituents is 1. The Balaban J connectivity index is 1.44. The molecule has 0 saturated heterocycles. The lowest BCUT2D eigenvalue weighted by molar-refractivity contribution is -0.384. The molecule has 0 amide bonds. The number of nitrogens with zero attached hydrogens (tertiary/aromatic N) is 1. The van der Waals surface area contributed by atoms with E-state index in [-0.39, 0.29) is 10.6 Å². The first kappa shape index (κ1) is 13.3. The molecule has 3 aliphatic rings. The molecule has 1 aromatic rings. The summed E-state index contributed by atoms with van der Waals surface area (Å²) in [4.78, 5) is 10.4. The van der Waals surface area contributed by atoms with Gasteiger partial charge in [0.05, 0.1) is 4.92 Å². The average molecular weight is 286 g/mol. The maximum Gasteiger partial charge on any atom is 0.269 e. The highest BCUT2D eigenvalue weighted by Crippen LogP contribution is 2.70. The third kappa shape index (κ3) is 2.08. The average Bonchev–Trinajstić information content (AvgIpc) is 2.91. The molecule has 3 aliphatic carbocycles. The van der Waals surface area contributed by atoms with Crippen molar-refractivity contribution < 1.29 is 4.92 Å². The predicted octanol–water partition coefficient (Wildman–Crippen LogP) is 3.02. The molecule has 0 heterocycles. The molecule has 0 radical (unpaired) electrons. The smallest absolute Gasteiger partial charge is 0.269 e. The highest BCUT2D eigenvalue weighted by atomic mass is 16.6. The Kier molecular flexibility index (Phi) is 3.03. The second-order valence-corrected chi connectivity index (χ2v) is 7.09. The van der Waals surface area contributed by atoms with Crippen molar-refractivity contribution >= 4 is 5.69 Å². The molecule has 4 heteroatoms. The fourth-order valence-electron chi connectivity index (χ4n) is 5.37. The third-order valence-corrected chi connectivity index (χ3v) is 6.23. The molecular weight excluding hydrogens is 264 g/mol. The highest BCUT2D eigenvalue weighted by Gasteiger charge is 2.66. The zero-order chi connectivity index (χ0) is 14.6. The molecule has 0 spiro atoms. The number of rotatable bonds is 5. The van der Waals surface area contributed by atoms with Crippen LogP contribution in [0.3, 0.4) is 0 Å². The molecule has 3 fully saturated rings. The van der Waals surface area contributed by atoms with Crippen LogP contribution in [0, 0.1) is 39.7 Å². The van der Waals surface area contributed by atoms with E-state index in [4.69, 9.17) is 0 Å². The summed E-state index contributed by atoms with van der Waals surface area (Å²) in [7, 11) is 2.06. The summed E-state index contributed by atoms with van der Waals surface area (Å²) in [6.07, 6.45) is 5.39. The van der Waals surface area contributed by atoms with Gasteiger partial charge in [-0.15, -0.1) is 0 Å². The molecule has 5 atom stereocenters. The summed E-state index contributed by atoms with van der Waals surface area (Å²) in [6.45, 7) is 0. The van der Waals surface area contributed by atoms with Crippen molar-refractivity contribution in [2.45, 2.75) is 31.7 Å². The first-order valence-electron chi connectivity index (χ1n) is 8.09. The van der Waals surface area contributed by atoms with E-state index in [0.717, 1.165) is 36.0 Å². The van der Waals surface area contributed by atoms with Gasteiger partial charge >= 0.3 is 0 Å². The lowest BCUT2D eigenvalue weighted by atomic mass is 9.93. The van der Waals surface area contributed by atoms with Crippen molar-refractivity contribution in [1.29, 1.82) is 0 Å². The lowest BCUT2D eigenvalue weighted by Gasteiger charge is -2.20. The number of hydrogen-bond donors (Lipinski definition) is 1. The van der Waals surface area contributed by atoms with E-state index in [0.29, 0.717) is 6.04 Å². The van der Waals surface area contributed by atoms with Gasteiger partial charge in [-0.3, -0.25) is 10.1 Å². The molecule has 1 N–H and O–H groups in total. The van der Waals surface area contributed by atoms with E-state index >= 15 is 0 Å². The first-order chi connectivity index (χ1) is 10.2. The molecular formula is C17H22N2O2. The molecule has 0 aromatic heterocycles. The normalized spacial score (nSPS) is 37.3. The Morgan fingerprint density at radius 1 is 1.24 bits per heavy atom. The maximum atomic E-state index is 10.7. The molecule has 112 valence electrons. The Morgan fingerprint density at radius 3 is 2.38 bits per heavy atom. The van der Waals surface area contributed by atoms with Gasteiger partial charge in [0.15, 0.2) is 0 Å². The number of likely N-dealkylation sites (N-methyl/N-ethyl adjacent to an activating group) is 1. The van der Waals surface area contributed by atoms with Gasteiger partial charge in [0.25, 0.3) is 5.69 Å². The van der Waals surface area contributed by atoms with Crippen molar-refractivity contribution in [3.05, 3.63) is 39.9 Å². The van der Waals surface area contributed by atoms with E-state index < -0.39 is 0 Å². The Morgan fingerprint density at radius 2 is 1.86 bits per heavy atom. The Bertz CT molecular complexity index is 540. The molecule has 0 aliphatic heterocycles. The molecule has 5 unspecified atom stereocenters. The topological polar surface area (TPSA) is 55.2 Å². The van der Waals surface area contributed by atoms with E-state index in [1.807, 2.05) is 12.1 Å². The van der Waals surface area contributed by atoms with Gasteiger partial charge in [0, 0.05) is 18.2 Å². The summed E-state index contributed by atoms with van der Waals surface area (Å²) < 4.78 is 0. The summed E-state index contributed by atoms with van der Waals surface area (Å²) in [5.41, 5.74) is 1.39. The quantitative estimate of drug-likeness (QED) is 0.668. The van der Waals surface area contributed by atoms with E-state index in [9.17, 15) is 10.1 Å². The minimum absolute atomic E-state index is 0.182. The fraction of sp³-hybridized carbons (Fsp3) is 0.647. The molecule has 4 nitrogen and oxygen atoms in total. The summed E-state index contributed by atoms with van der Waals surface area (Å²) in [6, 6.07) is 7.61. The van der Waals surface area contributed by atoms with Gasteiger partial charge in [0.1, 0.15) is 0 Å². The second kappa shape index (κ2) is 4.80. The molecule has 2 bridgehead atoms. The standard InChI is InChI=1S/C17H22N2O2/c1-18-14(8-10-2-6-13(7-3-10)19(20)21)17-15-11-4-5-12(9-11)16(15)17/h2-3,6-7,11-12,14-18H,4-5,8-9H2,1H3. The van der Waals surface area contributed by atoms with Crippen molar-refractivity contribution in [3.63, 3.8) is 0 Å². The molecule has 1 aromatic carbocycles. The van der Waals surface area contributed by atoms with Gasteiger partial charge in [0.2, 0.25) is 0 Å². The van der Waals surface area contributed by atoms with Gasteiger partial charge in [-0.25, -0.2) is 0 Å². The van der Waals surface area contributed by atoms with Gasteiger partial charge < -0.3 is 5.32 Å². The van der Waals surface area contributed by atoms with Gasteiger partial charge in [-0.2, -0.15) is 0 Å². The lowest BCUT2D eigenvalue weighted by Crippen LogP contribution is -2.32. The Labute approximate surface area is 125 Å². The number of fused-ring (bicyclic) bond motifs is 5. The summed E-state index contributed by atoms with van der Waals surface area (Å²) >= 11 is 0. The first-order valence-corrected chi connectivity index (χ1v) is 8.09. The van der Waals surface area contributed by atoms with Crippen LogP contribution in [0.5, 0.6) is 0 Å². The maximum absolute atomic E-state index is 10.7. The van der Waals surface area contributed by atoms with Crippen LogP contribution in [0.4, 0.5) is 5.69 Å². The van der Waals surface area contributed by atoms with E-state index in [1.54, 1.807) is 12.1 Å². The molecule has 3 saturated carbocycles. The van der Waals surface area contributed by atoms with Crippen molar-refractivity contribution in [1.82, 2.24) is 5.32 Å². The van der Waals surface area contributed by atoms with Crippen LogP contribution < -0.4 is 5.32 Å². The minimum Gasteiger partial charge on any atom is -0.316 e. The zero-order valence-corrected chi connectivity index (χ0v) is 12.4. The summed E-state index contributed by atoms with van der Waals surface area (Å²) in [5, 5.41) is 14.2. The number of nitrogens with one attached hydrogen (secondary N) is 1. The van der Waals surface area contributed by atoms with E-state index in [1.165, 1.54) is 24.8 Å². The van der Waals surface area contributed by atoms with Gasteiger partial charge in [-0.05, 0) is 67.9 Å².